The molecule has 0 radical (unpaired) electrons. The molecule has 0 spiro atoms. The number of piperidine rings is 1. The normalized spacial score (nSPS) is 29.9. The lowest BCUT2D eigenvalue weighted by Crippen LogP contribution is -2.48. The largest absolute Gasteiger partial charge is 0.319 e. The van der Waals surface area contributed by atoms with Gasteiger partial charge in [-0.25, -0.2) is 4.72 Å². The van der Waals surface area contributed by atoms with Gasteiger partial charge < -0.3 is 10.2 Å². The van der Waals surface area contributed by atoms with Crippen LogP contribution < -0.4 is 10.0 Å². The Balaban J connectivity index is 1.82. The number of nitrogens with zero attached hydrogens (tertiary/aromatic N) is 2. The van der Waals surface area contributed by atoms with Gasteiger partial charge >= 0.3 is 0 Å². The number of nitrogens with one attached hydrogen (secondary N) is 2. The molecule has 7 heteroatoms. The SMILES string of the molecule is CNCC1CCCN(S(=O)(=O)NCC2CCN(C)C2)C1. The first-order chi connectivity index (χ1) is 9.51. The number of rotatable bonds is 6. The molecular weight excluding hydrogens is 276 g/mol. The summed E-state index contributed by atoms with van der Waals surface area (Å²) in [6, 6.07) is 0. The van der Waals surface area contributed by atoms with E-state index < -0.39 is 10.2 Å². The second-order valence-corrected chi connectivity index (χ2v) is 7.95. The van der Waals surface area contributed by atoms with Gasteiger partial charge in [0.15, 0.2) is 0 Å². The van der Waals surface area contributed by atoms with Crippen molar-refractivity contribution in [3.05, 3.63) is 0 Å². The molecule has 2 atom stereocenters. The van der Waals surface area contributed by atoms with Gasteiger partial charge in [-0.05, 0) is 58.3 Å². The van der Waals surface area contributed by atoms with E-state index in [1.165, 1.54) is 0 Å². The highest BCUT2D eigenvalue weighted by Gasteiger charge is 2.29. The van der Waals surface area contributed by atoms with Crippen LogP contribution >= 0.6 is 0 Å². The molecule has 0 saturated carbocycles. The molecule has 2 N–H and O–H groups in total. The number of hydrogen-bond acceptors (Lipinski definition) is 4. The van der Waals surface area contributed by atoms with Crippen LogP contribution in [0.25, 0.3) is 0 Å². The van der Waals surface area contributed by atoms with Gasteiger partial charge in [0.2, 0.25) is 0 Å². The Labute approximate surface area is 123 Å². The van der Waals surface area contributed by atoms with Crippen molar-refractivity contribution >= 4 is 10.2 Å². The van der Waals surface area contributed by atoms with Gasteiger partial charge in [-0.2, -0.15) is 12.7 Å². The smallest absolute Gasteiger partial charge is 0.279 e. The fourth-order valence-corrected chi connectivity index (χ4v) is 4.61. The van der Waals surface area contributed by atoms with Crippen molar-refractivity contribution in [2.45, 2.75) is 19.3 Å². The summed E-state index contributed by atoms with van der Waals surface area (Å²) < 4.78 is 29.1. The molecule has 2 rings (SSSR count). The Morgan fingerprint density at radius 2 is 1.85 bits per heavy atom. The first-order valence-electron chi connectivity index (χ1n) is 7.59. The molecule has 2 fully saturated rings. The second-order valence-electron chi connectivity index (χ2n) is 6.19. The molecule has 0 aromatic carbocycles. The summed E-state index contributed by atoms with van der Waals surface area (Å²) in [6.07, 6.45) is 3.15. The minimum Gasteiger partial charge on any atom is -0.319 e. The zero-order valence-corrected chi connectivity index (χ0v) is 13.5. The van der Waals surface area contributed by atoms with Crippen LogP contribution in [0.5, 0.6) is 0 Å². The highest BCUT2D eigenvalue weighted by atomic mass is 32.2. The van der Waals surface area contributed by atoms with E-state index in [1.807, 2.05) is 7.05 Å². The summed E-state index contributed by atoms with van der Waals surface area (Å²) in [7, 11) is 0.701. The Bertz CT molecular complexity index is 399. The van der Waals surface area contributed by atoms with Crippen LogP contribution in [-0.2, 0) is 10.2 Å². The Hall–Kier alpha value is -0.210. The van der Waals surface area contributed by atoms with Crippen molar-refractivity contribution in [1.29, 1.82) is 0 Å². The monoisotopic (exact) mass is 304 g/mol. The maximum atomic E-state index is 12.4. The van der Waals surface area contributed by atoms with Crippen LogP contribution in [0, 0.1) is 11.8 Å². The molecule has 118 valence electrons. The summed E-state index contributed by atoms with van der Waals surface area (Å²) in [5.41, 5.74) is 0. The van der Waals surface area contributed by atoms with E-state index in [2.05, 4.69) is 22.0 Å². The van der Waals surface area contributed by atoms with Crippen molar-refractivity contribution in [2.24, 2.45) is 11.8 Å². The summed E-state index contributed by atoms with van der Waals surface area (Å²) in [5.74, 6) is 0.885. The van der Waals surface area contributed by atoms with E-state index in [4.69, 9.17) is 0 Å². The third-order valence-corrected chi connectivity index (χ3v) is 5.90. The summed E-state index contributed by atoms with van der Waals surface area (Å²) in [6.45, 7) is 4.81. The zero-order valence-electron chi connectivity index (χ0n) is 12.6. The topological polar surface area (TPSA) is 64.7 Å². The standard InChI is InChI=1S/C13H28N4O2S/c1-14-8-12-4-3-6-17(11-12)20(18,19)15-9-13-5-7-16(2)10-13/h12-15H,3-11H2,1-2H3. The molecule has 2 saturated heterocycles. The zero-order chi connectivity index (χ0) is 14.6. The number of likely N-dealkylation sites (tertiary alicyclic amines) is 1. The number of hydrogen-bond donors (Lipinski definition) is 2. The third-order valence-electron chi connectivity index (χ3n) is 4.36. The van der Waals surface area contributed by atoms with E-state index >= 15 is 0 Å². The van der Waals surface area contributed by atoms with E-state index in [1.54, 1.807) is 4.31 Å². The Morgan fingerprint density at radius 1 is 1.10 bits per heavy atom. The average molecular weight is 304 g/mol. The Kier molecular flexibility index (Phi) is 5.80. The molecular formula is C13H28N4O2S. The van der Waals surface area contributed by atoms with Crippen molar-refractivity contribution in [3.8, 4) is 0 Å². The molecule has 2 aliphatic heterocycles. The lowest BCUT2D eigenvalue weighted by molar-refractivity contribution is 0.260. The van der Waals surface area contributed by atoms with Gasteiger partial charge in [-0.15, -0.1) is 0 Å². The van der Waals surface area contributed by atoms with Gasteiger partial charge in [0.05, 0.1) is 0 Å². The van der Waals surface area contributed by atoms with Crippen LogP contribution in [0.3, 0.4) is 0 Å². The average Bonchev–Trinajstić information content (AvgIpc) is 2.83. The first-order valence-corrected chi connectivity index (χ1v) is 9.03. The van der Waals surface area contributed by atoms with E-state index in [9.17, 15) is 8.42 Å². The molecule has 6 nitrogen and oxygen atoms in total. The van der Waals surface area contributed by atoms with Crippen LogP contribution in [0.15, 0.2) is 0 Å². The lowest BCUT2D eigenvalue weighted by atomic mass is 10.00. The minimum atomic E-state index is -3.30. The van der Waals surface area contributed by atoms with E-state index in [0.717, 1.165) is 38.9 Å². The highest BCUT2D eigenvalue weighted by Crippen LogP contribution is 2.19. The Morgan fingerprint density at radius 3 is 2.50 bits per heavy atom. The van der Waals surface area contributed by atoms with Gasteiger partial charge in [-0.1, -0.05) is 0 Å². The van der Waals surface area contributed by atoms with Crippen LogP contribution in [0.2, 0.25) is 0 Å². The van der Waals surface area contributed by atoms with Gasteiger partial charge in [0, 0.05) is 26.2 Å². The van der Waals surface area contributed by atoms with Crippen molar-refractivity contribution < 1.29 is 8.42 Å². The highest BCUT2D eigenvalue weighted by molar-refractivity contribution is 7.87. The van der Waals surface area contributed by atoms with Gasteiger partial charge in [0.25, 0.3) is 10.2 Å². The molecule has 0 aromatic rings. The minimum absolute atomic E-state index is 0.433. The fraction of sp³-hybridized carbons (Fsp3) is 1.00. The lowest BCUT2D eigenvalue weighted by Gasteiger charge is -2.32. The maximum absolute atomic E-state index is 12.4. The predicted octanol–water partition coefficient (Wildman–Crippen LogP) is -0.296. The van der Waals surface area contributed by atoms with Crippen molar-refractivity contribution in [2.75, 3.05) is 53.4 Å². The maximum Gasteiger partial charge on any atom is 0.279 e. The molecule has 20 heavy (non-hydrogen) atoms. The third kappa shape index (κ3) is 4.39. The molecule has 0 aromatic heterocycles. The second kappa shape index (κ2) is 7.17. The van der Waals surface area contributed by atoms with Crippen molar-refractivity contribution in [3.63, 3.8) is 0 Å². The predicted molar refractivity (Wildman–Crippen MR) is 80.8 cm³/mol. The van der Waals surface area contributed by atoms with Crippen LogP contribution in [0.4, 0.5) is 0 Å². The van der Waals surface area contributed by atoms with Crippen LogP contribution in [0.1, 0.15) is 19.3 Å². The molecule has 2 aliphatic rings. The fourth-order valence-electron chi connectivity index (χ4n) is 3.21. The quantitative estimate of drug-likeness (QED) is 0.707. The molecule has 0 amide bonds. The first kappa shape index (κ1) is 16.2. The molecule has 2 unspecified atom stereocenters. The van der Waals surface area contributed by atoms with Crippen molar-refractivity contribution in [1.82, 2.24) is 19.2 Å². The molecule has 0 bridgehead atoms. The summed E-state index contributed by atoms with van der Waals surface area (Å²) in [4.78, 5) is 2.25. The molecule has 2 heterocycles. The summed E-state index contributed by atoms with van der Waals surface area (Å²) >= 11 is 0. The summed E-state index contributed by atoms with van der Waals surface area (Å²) in [5, 5.41) is 3.14. The van der Waals surface area contributed by atoms with Crippen LogP contribution in [-0.4, -0.2) is 71.0 Å². The van der Waals surface area contributed by atoms with E-state index in [-0.39, 0.29) is 0 Å². The van der Waals surface area contributed by atoms with E-state index in [0.29, 0.717) is 31.5 Å². The van der Waals surface area contributed by atoms with Gasteiger partial charge in [0.1, 0.15) is 0 Å². The molecule has 0 aliphatic carbocycles. The van der Waals surface area contributed by atoms with Gasteiger partial charge in [-0.3, -0.25) is 0 Å².